The molecule has 1 rings (SSSR count). The van der Waals surface area contributed by atoms with Gasteiger partial charge in [0.15, 0.2) is 0 Å². The molecule has 9 heteroatoms. The van der Waals surface area contributed by atoms with E-state index in [2.05, 4.69) is 0 Å². The Hall–Kier alpha value is -1.22. The second-order valence-corrected chi connectivity index (χ2v) is 6.60. The highest BCUT2D eigenvalue weighted by Crippen LogP contribution is 2.29. The van der Waals surface area contributed by atoms with E-state index in [1.54, 1.807) is 13.8 Å². The number of nitrogens with zero attached hydrogens (tertiary/aromatic N) is 2. The molecule has 0 atom stereocenters. The standard InChI is InChI=1S/C11H15ClN2O5S/c1-8(2)13(5-6-15)20(18,19)9-3-4-10(12)11(7-9)14(16)17/h3-4,7-8,15H,5-6H2,1-2H3. The van der Waals surface area contributed by atoms with Gasteiger partial charge in [0.2, 0.25) is 10.0 Å². The molecule has 0 saturated heterocycles. The Labute approximate surface area is 122 Å². The third-order valence-corrected chi connectivity index (χ3v) is 5.01. The second-order valence-electron chi connectivity index (χ2n) is 4.30. The summed E-state index contributed by atoms with van der Waals surface area (Å²) in [6.45, 7) is 2.87. The minimum Gasteiger partial charge on any atom is -0.395 e. The maximum absolute atomic E-state index is 12.4. The Morgan fingerprint density at radius 3 is 2.50 bits per heavy atom. The number of benzene rings is 1. The van der Waals surface area contributed by atoms with Gasteiger partial charge < -0.3 is 5.11 Å². The molecular formula is C11H15ClN2O5S. The predicted octanol–water partition coefficient (Wildman–Crippen LogP) is 1.64. The first kappa shape index (κ1) is 16.8. The lowest BCUT2D eigenvalue weighted by Gasteiger charge is -2.25. The molecule has 20 heavy (non-hydrogen) atoms. The van der Waals surface area contributed by atoms with Crippen LogP contribution in [0, 0.1) is 10.1 Å². The fraction of sp³-hybridized carbons (Fsp3) is 0.455. The van der Waals surface area contributed by atoms with E-state index in [0.29, 0.717) is 0 Å². The molecule has 1 N–H and O–H groups in total. The first-order chi connectivity index (χ1) is 9.21. The molecule has 0 amide bonds. The average Bonchev–Trinajstić information content (AvgIpc) is 2.35. The maximum atomic E-state index is 12.4. The van der Waals surface area contributed by atoms with Crippen molar-refractivity contribution in [3.8, 4) is 0 Å². The summed E-state index contributed by atoms with van der Waals surface area (Å²) in [6, 6.07) is 2.91. The van der Waals surface area contributed by atoms with Gasteiger partial charge in [-0.1, -0.05) is 11.6 Å². The topological polar surface area (TPSA) is 101 Å². The lowest BCUT2D eigenvalue weighted by atomic mass is 10.3. The van der Waals surface area contributed by atoms with Crippen molar-refractivity contribution in [2.75, 3.05) is 13.2 Å². The van der Waals surface area contributed by atoms with Crippen LogP contribution in [0.2, 0.25) is 5.02 Å². The number of nitro benzene ring substituents is 1. The summed E-state index contributed by atoms with van der Waals surface area (Å²) in [5.41, 5.74) is -0.472. The van der Waals surface area contributed by atoms with E-state index in [1.807, 2.05) is 0 Å². The van der Waals surface area contributed by atoms with Gasteiger partial charge in [-0.05, 0) is 26.0 Å². The van der Waals surface area contributed by atoms with Gasteiger partial charge in [0, 0.05) is 18.7 Å². The Morgan fingerprint density at radius 1 is 1.45 bits per heavy atom. The quantitative estimate of drug-likeness (QED) is 0.633. The predicted molar refractivity (Wildman–Crippen MR) is 74.2 cm³/mol. The summed E-state index contributed by atoms with van der Waals surface area (Å²) >= 11 is 5.65. The van der Waals surface area contributed by atoms with Crippen molar-refractivity contribution < 1.29 is 18.4 Å². The van der Waals surface area contributed by atoms with Crippen molar-refractivity contribution in [1.29, 1.82) is 0 Å². The van der Waals surface area contributed by atoms with E-state index in [4.69, 9.17) is 16.7 Å². The van der Waals surface area contributed by atoms with E-state index >= 15 is 0 Å². The van der Waals surface area contributed by atoms with Crippen LogP contribution in [0.5, 0.6) is 0 Å². The van der Waals surface area contributed by atoms with E-state index in [9.17, 15) is 18.5 Å². The zero-order valence-electron chi connectivity index (χ0n) is 11.0. The maximum Gasteiger partial charge on any atom is 0.289 e. The zero-order valence-corrected chi connectivity index (χ0v) is 12.6. The van der Waals surface area contributed by atoms with Crippen LogP contribution in [0.4, 0.5) is 5.69 Å². The summed E-state index contributed by atoms with van der Waals surface area (Å²) in [5.74, 6) is 0. The van der Waals surface area contributed by atoms with Gasteiger partial charge in [0.1, 0.15) is 5.02 Å². The molecule has 0 unspecified atom stereocenters. The first-order valence-electron chi connectivity index (χ1n) is 5.78. The third kappa shape index (κ3) is 3.45. The number of aliphatic hydroxyl groups excluding tert-OH is 1. The highest BCUT2D eigenvalue weighted by Gasteiger charge is 2.28. The number of hydrogen-bond donors (Lipinski definition) is 1. The molecule has 1 aromatic carbocycles. The van der Waals surface area contributed by atoms with Crippen LogP contribution < -0.4 is 0 Å². The normalized spacial score (nSPS) is 12.1. The lowest BCUT2D eigenvalue weighted by Crippen LogP contribution is -2.38. The van der Waals surface area contributed by atoms with Crippen LogP contribution in [-0.2, 0) is 10.0 Å². The van der Waals surface area contributed by atoms with E-state index in [-0.39, 0.29) is 29.1 Å². The highest BCUT2D eigenvalue weighted by molar-refractivity contribution is 7.89. The Kier molecular flexibility index (Phi) is 5.46. The van der Waals surface area contributed by atoms with Crippen molar-refractivity contribution in [2.45, 2.75) is 24.8 Å². The fourth-order valence-corrected chi connectivity index (χ4v) is 3.52. The van der Waals surface area contributed by atoms with Crippen LogP contribution in [0.3, 0.4) is 0 Å². The molecule has 0 aliphatic carbocycles. The molecule has 0 heterocycles. The van der Waals surface area contributed by atoms with Crippen molar-refractivity contribution in [3.63, 3.8) is 0 Å². The van der Waals surface area contributed by atoms with Crippen LogP contribution in [-0.4, -0.2) is 41.9 Å². The van der Waals surface area contributed by atoms with E-state index in [0.717, 1.165) is 10.4 Å². The summed E-state index contributed by atoms with van der Waals surface area (Å²) in [6.07, 6.45) is 0. The molecule has 0 aliphatic heterocycles. The molecule has 112 valence electrons. The smallest absolute Gasteiger partial charge is 0.289 e. The molecule has 0 spiro atoms. The van der Waals surface area contributed by atoms with Gasteiger partial charge in [-0.3, -0.25) is 10.1 Å². The number of sulfonamides is 1. The number of nitro groups is 1. The summed E-state index contributed by atoms with van der Waals surface area (Å²) < 4.78 is 25.9. The molecule has 7 nitrogen and oxygen atoms in total. The highest BCUT2D eigenvalue weighted by atomic mass is 35.5. The number of hydrogen-bond acceptors (Lipinski definition) is 5. The Bertz CT molecular complexity index is 603. The van der Waals surface area contributed by atoms with E-state index in [1.165, 1.54) is 12.1 Å². The molecule has 0 bridgehead atoms. The first-order valence-corrected chi connectivity index (χ1v) is 7.60. The van der Waals surface area contributed by atoms with E-state index < -0.39 is 20.6 Å². The van der Waals surface area contributed by atoms with Crippen molar-refractivity contribution in [3.05, 3.63) is 33.3 Å². The van der Waals surface area contributed by atoms with Crippen molar-refractivity contribution in [2.24, 2.45) is 0 Å². The zero-order chi connectivity index (χ0) is 15.5. The second kappa shape index (κ2) is 6.49. The van der Waals surface area contributed by atoms with Gasteiger partial charge in [0.25, 0.3) is 5.69 Å². The number of rotatable bonds is 6. The average molecular weight is 323 g/mol. The monoisotopic (exact) mass is 322 g/mol. The van der Waals surface area contributed by atoms with Crippen molar-refractivity contribution in [1.82, 2.24) is 4.31 Å². The molecule has 0 aromatic heterocycles. The summed E-state index contributed by atoms with van der Waals surface area (Å²) in [4.78, 5) is 9.83. The SMILES string of the molecule is CC(C)N(CCO)S(=O)(=O)c1ccc(Cl)c([N+](=O)[O-])c1. The van der Waals surface area contributed by atoms with Gasteiger partial charge in [-0.25, -0.2) is 8.42 Å². The van der Waals surface area contributed by atoms with Crippen LogP contribution in [0.1, 0.15) is 13.8 Å². The lowest BCUT2D eigenvalue weighted by molar-refractivity contribution is -0.384. The van der Waals surface area contributed by atoms with Crippen LogP contribution in [0.25, 0.3) is 0 Å². The van der Waals surface area contributed by atoms with Crippen LogP contribution in [0.15, 0.2) is 23.1 Å². The third-order valence-electron chi connectivity index (χ3n) is 2.62. The van der Waals surface area contributed by atoms with Gasteiger partial charge in [-0.2, -0.15) is 4.31 Å². The minimum absolute atomic E-state index is 0.0869. The largest absolute Gasteiger partial charge is 0.395 e. The van der Waals surface area contributed by atoms with Crippen LogP contribution >= 0.6 is 11.6 Å². The summed E-state index contributed by atoms with van der Waals surface area (Å²) in [5, 5.41) is 19.6. The van der Waals surface area contributed by atoms with Crippen molar-refractivity contribution >= 4 is 27.3 Å². The molecule has 0 fully saturated rings. The molecular weight excluding hydrogens is 308 g/mol. The Morgan fingerprint density at radius 2 is 2.05 bits per heavy atom. The minimum atomic E-state index is -3.93. The Balaban J connectivity index is 3.34. The fourth-order valence-electron chi connectivity index (χ4n) is 1.68. The number of aliphatic hydroxyl groups is 1. The van der Waals surface area contributed by atoms with Gasteiger partial charge in [0.05, 0.1) is 16.4 Å². The number of halogens is 1. The van der Waals surface area contributed by atoms with Gasteiger partial charge in [-0.15, -0.1) is 0 Å². The summed E-state index contributed by atoms with van der Waals surface area (Å²) in [7, 11) is -3.93. The van der Waals surface area contributed by atoms with Gasteiger partial charge >= 0.3 is 0 Å². The molecule has 1 aromatic rings. The molecule has 0 aliphatic rings. The molecule has 0 radical (unpaired) electrons. The molecule has 0 saturated carbocycles.